The molecule has 12 heavy (non-hydrogen) atoms. The first-order valence-electron chi connectivity index (χ1n) is 4.44. The third-order valence-electron chi connectivity index (χ3n) is 1.62. The Morgan fingerprint density at radius 2 is 1.50 bits per heavy atom. The van der Waals surface area contributed by atoms with Crippen molar-refractivity contribution < 1.29 is 0 Å². The van der Waals surface area contributed by atoms with Crippen molar-refractivity contribution in [2.75, 3.05) is 0 Å². The van der Waals surface area contributed by atoms with Crippen molar-refractivity contribution >= 4 is 0 Å². The van der Waals surface area contributed by atoms with Gasteiger partial charge in [-0.2, -0.15) is 0 Å². The van der Waals surface area contributed by atoms with E-state index in [1.807, 2.05) is 0 Å². The van der Waals surface area contributed by atoms with Gasteiger partial charge < -0.3 is 0 Å². The fourth-order valence-corrected chi connectivity index (χ4v) is 1.15. The molecule has 0 fully saturated rings. The molecule has 1 aromatic carbocycles. The lowest BCUT2D eigenvalue weighted by molar-refractivity contribution is 1.10. The van der Waals surface area contributed by atoms with Crippen molar-refractivity contribution in [3.8, 4) is 0 Å². The lowest BCUT2D eigenvalue weighted by Crippen LogP contribution is -1.84. The Hall–Kier alpha value is -0.780. The highest BCUT2D eigenvalue weighted by atomic mass is 14.0. The molecular formula is C12H14. The van der Waals surface area contributed by atoms with Gasteiger partial charge in [0.1, 0.15) is 0 Å². The highest BCUT2D eigenvalue weighted by molar-refractivity contribution is 5.32. The number of hydrogen-bond donors (Lipinski definition) is 0. The molecule has 0 aliphatic rings. The molecule has 62 valence electrons. The molecule has 0 atom stereocenters. The normalized spacial score (nSPS) is 10.2. The molecule has 1 rings (SSSR count). The summed E-state index contributed by atoms with van der Waals surface area (Å²) in [5.74, 6) is 0. The van der Waals surface area contributed by atoms with E-state index in [1.54, 1.807) is 0 Å². The standard InChI is InChI=1S/C12H14/c1-3-6-11-8-5-9-12(10-11)7-4-2/h5,8-10H,3-4H2,1-2H3. The van der Waals surface area contributed by atoms with Gasteiger partial charge in [0.25, 0.3) is 0 Å². The maximum Gasteiger partial charge on any atom is 0.0162 e. The molecule has 0 saturated carbocycles. The predicted octanol–water partition coefficient (Wildman–Crippen LogP) is 3.37. The van der Waals surface area contributed by atoms with Gasteiger partial charge in [-0.1, -0.05) is 38.1 Å². The summed E-state index contributed by atoms with van der Waals surface area (Å²) in [4.78, 5) is 0. The van der Waals surface area contributed by atoms with E-state index in [0.717, 1.165) is 12.8 Å². The van der Waals surface area contributed by atoms with Gasteiger partial charge in [-0.15, -0.1) is 0 Å². The van der Waals surface area contributed by atoms with E-state index >= 15 is 0 Å². The molecule has 0 bridgehead atoms. The van der Waals surface area contributed by atoms with E-state index in [9.17, 15) is 0 Å². The van der Waals surface area contributed by atoms with Crippen LogP contribution in [0.5, 0.6) is 0 Å². The maximum absolute atomic E-state index is 3.27. The van der Waals surface area contributed by atoms with Crippen molar-refractivity contribution in [2.24, 2.45) is 0 Å². The van der Waals surface area contributed by atoms with Gasteiger partial charge in [-0.3, -0.25) is 0 Å². The minimum atomic E-state index is 0.968. The van der Waals surface area contributed by atoms with E-state index in [-0.39, 0.29) is 0 Å². The zero-order valence-corrected chi connectivity index (χ0v) is 7.72. The van der Waals surface area contributed by atoms with Crippen LogP contribution in [0, 0.1) is 12.8 Å². The maximum atomic E-state index is 3.27. The monoisotopic (exact) mass is 158 g/mol. The average molecular weight is 158 g/mol. The van der Waals surface area contributed by atoms with Crippen LogP contribution in [0.1, 0.15) is 37.8 Å². The molecule has 0 nitrogen and oxygen atoms in total. The molecule has 0 aliphatic heterocycles. The minimum Gasteiger partial charge on any atom is -0.0645 e. The summed E-state index contributed by atoms with van der Waals surface area (Å²) in [7, 11) is 0. The summed E-state index contributed by atoms with van der Waals surface area (Å²) in [6.07, 6.45) is 8.47. The summed E-state index contributed by atoms with van der Waals surface area (Å²) in [6.45, 7) is 4.19. The summed E-state index contributed by atoms with van der Waals surface area (Å²) in [6, 6.07) is 8.32. The Morgan fingerprint density at radius 3 is 1.92 bits per heavy atom. The van der Waals surface area contributed by atoms with Crippen molar-refractivity contribution in [3.63, 3.8) is 0 Å². The summed E-state index contributed by atoms with van der Waals surface area (Å²) >= 11 is 0. The number of benzene rings is 1. The van der Waals surface area contributed by atoms with E-state index in [4.69, 9.17) is 0 Å². The van der Waals surface area contributed by atoms with Gasteiger partial charge in [0, 0.05) is 12.8 Å². The van der Waals surface area contributed by atoms with Crippen LogP contribution in [-0.4, -0.2) is 0 Å². The third-order valence-corrected chi connectivity index (χ3v) is 1.62. The van der Waals surface area contributed by atoms with Crippen LogP contribution < -0.4 is 0 Å². The molecule has 1 aromatic rings. The Morgan fingerprint density at radius 1 is 1.00 bits per heavy atom. The van der Waals surface area contributed by atoms with Gasteiger partial charge in [0.2, 0.25) is 0 Å². The van der Waals surface area contributed by atoms with E-state index in [1.165, 1.54) is 11.1 Å². The fourth-order valence-electron chi connectivity index (χ4n) is 1.15. The molecule has 4 radical (unpaired) electrons. The topological polar surface area (TPSA) is 0 Å². The predicted molar refractivity (Wildman–Crippen MR) is 51.7 cm³/mol. The van der Waals surface area contributed by atoms with Crippen LogP contribution >= 0.6 is 0 Å². The highest BCUT2D eigenvalue weighted by Gasteiger charge is 1.94. The Bertz CT molecular complexity index is 204. The van der Waals surface area contributed by atoms with Crippen molar-refractivity contribution in [1.82, 2.24) is 0 Å². The van der Waals surface area contributed by atoms with Crippen molar-refractivity contribution in [1.29, 1.82) is 0 Å². The van der Waals surface area contributed by atoms with Gasteiger partial charge in [0.05, 0.1) is 0 Å². The fraction of sp³-hybridized carbons (Fsp3) is 0.333. The molecule has 0 saturated heterocycles. The molecule has 0 aliphatic carbocycles. The second kappa shape index (κ2) is 4.97. The quantitative estimate of drug-likeness (QED) is 0.630. The van der Waals surface area contributed by atoms with E-state index in [2.05, 4.69) is 51.0 Å². The molecular weight excluding hydrogens is 144 g/mol. The molecule has 0 unspecified atom stereocenters. The third kappa shape index (κ3) is 2.69. The van der Waals surface area contributed by atoms with Gasteiger partial charge in [0.15, 0.2) is 0 Å². The second-order valence-electron chi connectivity index (χ2n) is 2.64. The summed E-state index contributed by atoms with van der Waals surface area (Å²) in [5.41, 5.74) is 2.35. The van der Waals surface area contributed by atoms with Gasteiger partial charge in [-0.25, -0.2) is 0 Å². The molecule has 0 aromatic heterocycles. The van der Waals surface area contributed by atoms with Crippen LogP contribution in [0.25, 0.3) is 0 Å². The first-order valence-corrected chi connectivity index (χ1v) is 4.44. The summed E-state index contributed by atoms with van der Waals surface area (Å²) < 4.78 is 0. The van der Waals surface area contributed by atoms with E-state index in [0.29, 0.717) is 0 Å². The second-order valence-corrected chi connectivity index (χ2v) is 2.64. The van der Waals surface area contributed by atoms with E-state index < -0.39 is 0 Å². The minimum absolute atomic E-state index is 0.968. The number of hydrogen-bond acceptors (Lipinski definition) is 0. The van der Waals surface area contributed by atoms with Crippen LogP contribution in [0.3, 0.4) is 0 Å². The van der Waals surface area contributed by atoms with Gasteiger partial charge in [-0.05, 0) is 24.0 Å². The molecule has 0 spiro atoms. The Balaban J connectivity index is 2.67. The molecule has 0 heteroatoms. The zero-order chi connectivity index (χ0) is 8.81. The first-order chi connectivity index (χ1) is 5.86. The van der Waals surface area contributed by atoms with Gasteiger partial charge >= 0.3 is 0 Å². The molecule has 0 N–H and O–H groups in total. The Labute approximate surface area is 75.6 Å². The zero-order valence-electron chi connectivity index (χ0n) is 7.72. The number of rotatable bonds is 4. The van der Waals surface area contributed by atoms with Crippen LogP contribution in [-0.2, 0) is 0 Å². The lowest BCUT2D eigenvalue weighted by Gasteiger charge is -2.00. The first kappa shape index (κ1) is 9.31. The Kier molecular flexibility index (Phi) is 3.86. The molecule has 0 amide bonds. The van der Waals surface area contributed by atoms with Crippen LogP contribution in [0.15, 0.2) is 24.3 Å². The highest BCUT2D eigenvalue weighted by Crippen LogP contribution is 2.11. The van der Waals surface area contributed by atoms with Crippen LogP contribution in [0.2, 0.25) is 0 Å². The van der Waals surface area contributed by atoms with Crippen LogP contribution in [0.4, 0.5) is 0 Å². The average Bonchev–Trinajstić information content (AvgIpc) is 2.06. The van der Waals surface area contributed by atoms with Crippen molar-refractivity contribution in [2.45, 2.75) is 26.7 Å². The molecule has 0 heterocycles. The van der Waals surface area contributed by atoms with Crippen molar-refractivity contribution in [3.05, 3.63) is 48.2 Å². The smallest absolute Gasteiger partial charge is 0.0162 e. The summed E-state index contributed by atoms with van der Waals surface area (Å²) in [5, 5.41) is 0. The lowest BCUT2D eigenvalue weighted by atomic mass is 10.0. The SMILES string of the molecule is CC[C]c1cccc([C]CC)c1. The largest absolute Gasteiger partial charge is 0.0645 e.